The van der Waals surface area contributed by atoms with Crippen LogP contribution in [0.2, 0.25) is 10.0 Å². The predicted octanol–water partition coefficient (Wildman–Crippen LogP) is 5.44. The van der Waals surface area contributed by atoms with E-state index in [1.165, 1.54) is 43.2 Å². The molecule has 0 aliphatic heterocycles. The zero-order valence-corrected chi connectivity index (χ0v) is 15.5. The third kappa shape index (κ3) is 5.35. The standard InChI is InChI=1S/C17H24Cl2N4O/c1-2-3-4-5-6-7-8-9-10-20-17(24)23-16-12-14(19)13(18)11-15(16)21-22-23/h11-12H,2-10H2,1H3,(H,20,24). The van der Waals surface area contributed by atoms with E-state index in [1.54, 1.807) is 12.1 Å². The first kappa shape index (κ1) is 19.0. The molecule has 0 saturated heterocycles. The van der Waals surface area contributed by atoms with Crippen molar-refractivity contribution in [2.75, 3.05) is 6.54 Å². The van der Waals surface area contributed by atoms with Gasteiger partial charge in [0.25, 0.3) is 0 Å². The topological polar surface area (TPSA) is 59.8 Å². The van der Waals surface area contributed by atoms with Gasteiger partial charge in [0.05, 0.1) is 10.0 Å². The second-order valence-electron chi connectivity index (χ2n) is 5.96. The summed E-state index contributed by atoms with van der Waals surface area (Å²) < 4.78 is 1.22. The van der Waals surface area contributed by atoms with E-state index in [4.69, 9.17) is 23.2 Å². The number of carbonyl (C=O) groups is 1. The van der Waals surface area contributed by atoms with Gasteiger partial charge in [0, 0.05) is 6.54 Å². The lowest BCUT2D eigenvalue weighted by atomic mass is 10.1. The molecule has 5 nitrogen and oxygen atoms in total. The summed E-state index contributed by atoms with van der Waals surface area (Å²) in [5.41, 5.74) is 1.10. The van der Waals surface area contributed by atoms with Gasteiger partial charge in [-0.25, -0.2) is 4.79 Å². The van der Waals surface area contributed by atoms with Crippen molar-refractivity contribution in [3.05, 3.63) is 22.2 Å². The van der Waals surface area contributed by atoms with Crippen molar-refractivity contribution in [3.63, 3.8) is 0 Å². The summed E-state index contributed by atoms with van der Waals surface area (Å²) in [6.45, 7) is 2.86. The third-order valence-electron chi connectivity index (χ3n) is 3.99. The van der Waals surface area contributed by atoms with Gasteiger partial charge in [-0.2, -0.15) is 4.68 Å². The van der Waals surface area contributed by atoms with Gasteiger partial charge >= 0.3 is 6.03 Å². The molecule has 0 fully saturated rings. The first-order valence-electron chi connectivity index (χ1n) is 8.62. The van der Waals surface area contributed by atoms with E-state index in [0.29, 0.717) is 27.6 Å². The number of amides is 1. The first-order valence-corrected chi connectivity index (χ1v) is 9.37. The number of nitrogens with zero attached hydrogens (tertiary/aromatic N) is 3. The molecular weight excluding hydrogens is 347 g/mol. The number of carbonyl (C=O) groups excluding carboxylic acids is 1. The normalized spacial score (nSPS) is 11.1. The summed E-state index contributed by atoms with van der Waals surface area (Å²) >= 11 is 11.9. The van der Waals surface area contributed by atoms with Crippen LogP contribution in [0.5, 0.6) is 0 Å². The Morgan fingerprint density at radius 3 is 2.38 bits per heavy atom. The lowest BCUT2D eigenvalue weighted by Crippen LogP contribution is -2.30. The second kappa shape index (κ2) is 9.84. The van der Waals surface area contributed by atoms with Crippen LogP contribution >= 0.6 is 23.2 Å². The Morgan fingerprint density at radius 1 is 1.04 bits per heavy atom. The number of unbranched alkanes of at least 4 members (excludes halogenated alkanes) is 7. The fourth-order valence-electron chi connectivity index (χ4n) is 2.60. The molecular formula is C17H24Cl2N4O. The monoisotopic (exact) mass is 370 g/mol. The van der Waals surface area contributed by atoms with Crippen molar-refractivity contribution in [1.82, 2.24) is 20.3 Å². The maximum absolute atomic E-state index is 12.2. The van der Waals surface area contributed by atoms with Crippen molar-refractivity contribution in [2.45, 2.75) is 58.3 Å². The molecule has 24 heavy (non-hydrogen) atoms. The Labute approximate surface area is 152 Å². The Hall–Kier alpha value is -1.33. The predicted molar refractivity (Wildman–Crippen MR) is 99.0 cm³/mol. The minimum atomic E-state index is -0.293. The molecule has 0 spiro atoms. The van der Waals surface area contributed by atoms with E-state index in [0.717, 1.165) is 12.8 Å². The lowest BCUT2D eigenvalue weighted by Gasteiger charge is -2.05. The van der Waals surface area contributed by atoms with Crippen molar-refractivity contribution >= 4 is 40.3 Å². The molecule has 0 radical (unpaired) electrons. The molecule has 0 aliphatic rings. The highest BCUT2D eigenvalue weighted by Gasteiger charge is 2.13. The second-order valence-corrected chi connectivity index (χ2v) is 6.78. The Bertz CT molecular complexity index is 672. The summed E-state index contributed by atoms with van der Waals surface area (Å²) in [4.78, 5) is 12.2. The Kier molecular flexibility index (Phi) is 7.79. The third-order valence-corrected chi connectivity index (χ3v) is 4.71. The van der Waals surface area contributed by atoms with Crippen molar-refractivity contribution in [3.8, 4) is 0 Å². The molecule has 0 atom stereocenters. The van der Waals surface area contributed by atoms with Crippen LogP contribution in [0, 0.1) is 0 Å². The highest BCUT2D eigenvalue weighted by Crippen LogP contribution is 2.26. The number of rotatable bonds is 9. The number of hydrogen-bond donors (Lipinski definition) is 1. The van der Waals surface area contributed by atoms with Crippen LogP contribution in [0.15, 0.2) is 12.1 Å². The van der Waals surface area contributed by atoms with E-state index in [1.807, 2.05) is 0 Å². The summed E-state index contributed by atoms with van der Waals surface area (Å²) in [5.74, 6) is 0. The van der Waals surface area contributed by atoms with Crippen LogP contribution in [-0.4, -0.2) is 27.6 Å². The summed E-state index contributed by atoms with van der Waals surface area (Å²) in [7, 11) is 0. The van der Waals surface area contributed by atoms with Crippen molar-refractivity contribution in [1.29, 1.82) is 0 Å². The summed E-state index contributed by atoms with van der Waals surface area (Å²) in [6.07, 6.45) is 9.86. The number of nitrogens with one attached hydrogen (secondary N) is 1. The zero-order valence-electron chi connectivity index (χ0n) is 14.0. The smallest absolute Gasteiger partial charge is 0.336 e. The van der Waals surface area contributed by atoms with Gasteiger partial charge in [-0.1, -0.05) is 80.3 Å². The van der Waals surface area contributed by atoms with Gasteiger partial charge in [0.2, 0.25) is 0 Å². The van der Waals surface area contributed by atoms with Crippen LogP contribution < -0.4 is 5.32 Å². The molecule has 2 rings (SSSR count). The molecule has 0 bridgehead atoms. The van der Waals surface area contributed by atoms with Crippen LogP contribution in [-0.2, 0) is 0 Å². The van der Waals surface area contributed by atoms with Gasteiger partial charge in [-0.15, -0.1) is 5.10 Å². The van der Waals surface area contributed by atoms with Gasteiger partial charge in [-0.3, -0.25) is 0 Å². The Balaban J connectivity index is 1.72. The Morgan fingerprint density at radius 2 is 1.67 bits per heavy atom. The number of hydrogen-bond acceptors (Lipinski definition) is 3. The minimum absolute atomic E-state index is 0.293. The molecule has 1 heterocycles. The van der Waals surface area contributed by atoms with E-state index >= 15 is 0 Å². The quantitative estimate of drug-likeness (QED) is 0.598. The molecule has 7 heteroatoms. The van der Waals surface area contributed by atoms with Gasteiger partial charge in [0.1, 0.15) is 11.0 Å². The van der Waals surface area contributed by atoms with E-state index < -0.39 is 0 Å². The van der Waals surface area contributed by atoms with Crippen LogP contribution in [0.1, 0.15) is 58.3 Å². The maximum atomic E-state index is 12.2. The van der Waals surface area contributed by atoms with Crippen molar-refractivity contribution in [2.24, 2.45) is 0 Å². The average Bonchev–Trinajstić information content (AvgIpc) is 2.96. The van der Waals surface area contributed by atoms with E-state index in [9.17, 15) is 4.79 Å². The molecule has 0 saturated carbocycles. The minimum Gasteiger partial charge on any atom is -0.336 e. The van der Waals surface area contributed by atoms with Crippen LogP contribution in [0.3, 0.4) is 0 Å². The molecule has 1 aromatic carbocycles. The fourth-order valence-corrected chi connectivity index (χ4v) is 2.91. The average molecular weight is 371 g/mol. The molecule has 0 aliphatic carbocycles. The molecule has 132 valence electrons. The van der Waals surface area contributed by atoms with Gasteiger partial charge in [-0.05, 0) is 18.6 Å². The van der Waals surface area contributed by atoms with E-state index in [-0.39, 0.29) is 6.03 Å². The number of fused-ring (bicyclic) bond motifs is 1. The molecule has 2 aromatic rings. The first-order chi connectivity index (χ1) is 11.6. The highest BCUT2D eigenvalue weighted by atomic mass is 35.5. The number of benzene rings is 1. The van der Waals surface area contributed by atoms with Gasteiger partial charge in [0.15, 0.2) is 0 Å². The summed E-state index contributed by atoms with van der Waals surface area (Å²) in [6, 6.07) is 2.92. The van der Waals surface area contributed by atoms with Crippen LogP contribution in [0.25, 0.3) is 11.0 Å². The molecule has 0 unspecified atom stereocenters. The van der Waals surface area contributed by atoms with Crippen LogP contribution in [0.4, 0.5) is 4.79 Å². The van der Waals surface area contributed by atoms with Gasteiger partial charge < -0.3 is 5.32 Å². The fraction of sp³-hybridized carbons (Fsp3) is 0.588. The molecule has 1 aromatic heterocycles. The number of aromatic nitrogens is 3. The SMILES string of the molecule is CCCCCCCCCCNC(=O)n1nnc2cc(Cl)c(Cl)cc21. The van der Waals surface area contributed by atoms with E-state index in [2.05, 4.69) is 22.6 Å². The molecule has 1 N–H and O–H groups in total. The highest BCUT2D eigenvalue weighted by molar-refractivity contribution is 6.42. The van der Waals surface area contributed by atoms with Crippen molar-refractivity contribution < 1.29 is 4.79 Å². The number of halogens is 2. The zero-order chi connectivity index (χ0) is 17.4. The lowest BCUT2D eigenvalue weighted by molar-refractivity contribution is 0.239. The summed E-state index contributed by atoms with van der Waals surface area (Å²) in [5, 5.41) is 11.5. The maximum Gasteiger partial charge on any atom is 0.344 e. The molecule has 1 amide bonds. The largest absolute Gasteiger partial charge is 0.344 e.